The summed E-state index contributed by atoms with van der Waals surface area (Å²) < 4.78 is 50.3. The van der Waals surface area contributed by atoms with Crippen molar-refractivity contribution in [1.82, 2.24) is 10.9 Å². The van der Waals surface area contributed by atoms with Crippen LogP contribution in [0.25, 0.3) is 0 Å². The Hall–Kier alpha value is -1.38. The highest BCUT2D eigenvalue weighted by molar-refractivity contribution is 7.80. The Bertz CT molecular complexity index is 525. The van der Waals surface area contributed by atoms with E-state index in [9.17, 15) is 13.2 Å². The van der Waals surface area contributed by atoms with Crippen molar-refractivity contribution in [3.05, 3.63) is 29.3 Å². The van der Waals surface area contributed by atoms with E-state index < -0.39 is 11.7 Å². The van der Waals surface area contributed by atoms with Crippen LogP contribution >= 0.6 is 12.2 Å². The Morgan fingerprint density at radius 2 is 1.88 bits per heavy atom. The van der Waals surface area contributed by atoms with Crippen molar-refractivity contribution in [1.29, 1.82) is 0 Å². The average molecular weight is 364 g/mol. The Morgan fingerprint density at radius 1 is 1.17 bits per heavy atom. The van der Waals surface area contributed by atoms with Gasteiger partial charge >= 0.3 is 6.18 Å². The summed E-state index contributed by atoms with van der Waals surface area (Å²) in [5.41, 5.74) is 4.60. The Morgan fingerprint density at radius 3 is 2.50 bits per heavy atom. The van der Waals surface area contributed by atoms with Crippen molar-refractivity contribution in [2.24, 2.45) is 0 Å². The minimum absolute atomic E-state index is 0.160. The zero-order valence-corrected chi connectivity index (χ0v) is 14.6. The molecule has 0 fully saturated rings. The van der Waals surface area contributed by atoms with Crippen LogP contribution in [0.15, 0.2) is 18.2 Å². The van der Waals surface area contributed by atoms with E-state index in [0.717, 1.165) is 18.9 Å². The number of rotatable bonds is 10. The van der Waals surface area contributed by atoms with Crippen LogP contribution in [0.2, 0.25) is 0 Å². The smallest absolute Gasteiger partial charge is 0.419 e. The highest BCUT2D eigenvalue weighted by Crippen LogP contribution is 2.37. The van der Waals surface area contributed by atoms with E-state index in [0.29, 0.717) is 19.6 Å². The van der Waals surface area contributed by atoms with Gasteiger partial charge in [-0.1, -0.05) is 25.6 Å². The number of halogens is 3. The van der Waals surface area contributed by atoms with Crippen molar-refractivity contribution < 1.29 is 22.6 Å². The molecule has 1 rings (SSSR count). The monoisotopic (exact) mass is 364 g/mol. The summed E-state index contributed by atoms with van der Waals surface area (Å²) in [5.74, 6) is -0.202. The molecule has 0 aliphatic rings. The standard InChI is InChI=1S/C16H23F3N2O2S/c1-3-4-8-22-9-5-10-23-14-7-6-12(15(24)21-20-2)11-13(14)16(17,18)19/h6-7,11,20H,3-5,8-10H2,1-2H3,(H,21,24). The van der Waals surface area contributed by atoms with Crippen LogP contribution in [-0.4, -0.2) is 31.9 Å². The van der Waals surface area contributed by atoms with Gasteiger partial charge in [0.2, 0.25) is 0 Å². The normalized spacial score (nSPS) is 11.4. The first-order valence-corrected chi connectivity index (χ1v) is 8.19. The van der Waals surface area contributed by atoms with Gasteiger partial charge in [-0.15, -0.1) is 0 Å². The number of unbranched alkanes of at least 4 members (excludes halogenated alkanes) is 1. The first-order valence-electron chi connectivity index (χ1n) is 7.79. The van der Waals surface area contributed by atoms with Crippen LogP contribution in [0.5, 0.6) is 5.75 Å². The van der Waals surface area contributed by atoms with Gasteiger partial charge < -0.3 is 14.9 Å². The molecular formula is C16H23F3N2O2S. The molecule has 0 unspecified atom stereocenters. The molecule has 0 spiro atoms. The van der Waals surface area contributed by atoms with Crippen molar-refractivity contribution in [3.8, 4) is 5.75 Å². The van der Waals surface area contributed by atoms with Gasteiger partial charge in [-0.2, -0.15) is 13.2 Å². The fraction of sp³-hybridized carbons (Fsp3) is 0.562. The van der Waals surface area contributed by atoms with Crippen molar-refractivity contribution >= 4 is 17.2 Å². The molecule has 0 aromatic heterocycles. The van der Waals surface area contributed by atoms with Crippen molar-refractivity contribution in [2.75, 3.05) is 26.9 Å². The van der Waals surface area contributed by atoms with Gasteiger partial charge in [0.05, 0.1) is 12.2 Å². The SMILES string of the molecule is CCCCOCCCOc1ccc(C(=S)NNC)cc1C(F)(F)F. The quantitative estimate of drug-likeness (QED) is 0.377. The zero-order chi connectivity index (χ0) is 18.0. The van der Waals surface area contributed by atoms with Crippen LogP contribution in [-0.2, 0) is 10.9 Å². The molecule has 0 aliphatic carbocycles. The number of ether oxygens (including phenoxy) is 2. The van der Waals surface area contributed by atoms with E-state index in [1.807, 2.05) is 0 Å². The first kappa shape index (κ1) is 20.7. The molecule has 0 radical (unpaired) electrons. The maximum Gasteiger partial charge on any atom is 0.419 e. The van der Waals surface area contributed by atoms with Crippen LogP contribution in [0, 0.1) is 0 Å². The average Bonchev–Trinajstić information content (AvgIpc) is 2.53. The Kier molecular flexibility index (Phi) is 9.02. The summed E-state index contributed by atoms with van der Waals surface area (Å²) in [6.45, 7) is 3.35. The van der Waals surface area contributed by atoms with Crippen LogP contribution in [0.1, 0.15) is 37.3 Å². The highest BCUT2D eigenvalue weighted by Gasteiger charge is 2.35. The molecule has 1 aromatic carbocycles. The number of thiocarbonyl (C=S) groups is 1. The third-order valence-electron chi connectivity index (χ3n) is 3.12. The summed E-state index contributed by atoms with van der Waals surface area (Å²) in [7, 11) is 1.58. The molecule has 0 bridgehead atoms. The summed E-state index contributed by atoms with van der Waals surface area (Å²) >= 11 is 5.00. The number of benzene rings is 1. The molecule has 0 heterocycles. The van der Waals surface area contributed by atoms with Gasteiger partial charge in [0.1, 0.15) is 10.7 Å². The van der Waals surface area contributed by atoms with Crippen molar-refractivity contribution in [2.45, 2.75) is 32.4 Å². The predicted molar refractivity (Wildman–Crippen MR) is 91.2 cm³/mol. The number of hydrazine groups is 1. The van der Waals surface area contributed by atoms with E-state index in [-0.39, 0.29) is 22.9 Å². The van der Waals surface area contributed by atoms with E-state index in [4.69, 9.17) is 21.7 Å². The second-order valence-corrected chi connectivity index (χ2v) is 5.49. The van der Waals surface area contributed by atoms with Gasteiger partial charge in [0.15, 0.2) is 0 Å². The minimum Gasteiger partial charge on any atom is -0.493 e. The van der Waals surface area contributed by atoms with E-state index in [1.54, 1.807) is 7.05 Å². The molecule has 24 heavy (non-hydrogen) atoms. The van der Waals surface area contributed by atoms with E-state index in [1.165, 1.54) is 12.1 Å². The van der Waals surface area contributed by atoms with Gasteiger partial charge in [0, 0.05) is 32.2 Å². The molecule has 0 aliphatic heterocycles. The number of alkyl halides is 3. The Balaban J connectivity index is 2.67. The number of nitrogens with one attached hydrogen (secondary N) is 2. The summed E-state index contributed by atoms with van der Waals surface area (Å²) in [6, 6.07) is 3.77. The lowest BCUT2D eigenvalue weighted by Gasteiger charge is -2.16. The number of hydrogen-bond donors (Lipinski definition) is 2. The zero-order valence-electron chi connectivity index (χ0n) is 13.8. The predicted octanol–water partition coefficient (Wildman–Crippen LogP) is 3.69. The molecule has 0 amide bonds. The summed E-state index contributed by atoms with van der Waals surface area (Å²) in [6.07, 6.45) is -1.97. The maximum absolute atomic E-state index is 13.2. The van der Waals surface area contributed by atoms with Crippen LogP contribution in [0.3, 0.4) is 0 Å². The summed E-state index contributed by atoms with van der Waals surface area (Å²) in [4.78, 5) is 0.180. The molecule has 0 saturated heterocycles. The molecule has 4 nitrogen and oxygen atoms in total. The fourth-order valence-electron chi connectivity index (χ4n) is 1.90. The second-order valence-electron chi connectivity index (χ2n) is 5.08. The Labute approximate surface area is 145 Å². The lowest BCUT2D eigenvalue weighted by molar-refractivity contribution is -0.139. The minimum atomic E-state index is -4.52. The van der Waals surface area contributed by atoms with Gasteiger partial charge in [-0.05, 0) is 24.6 Å². The topological polar surface area (TPSA) is 42.5 Å². The second kappa shape index (κ2) is 10.5. The van der Waals surface area contributed by atoms with Gasteiger partial charge in [-0.25, -0.2) is 5.43 Å². The lowest BCUT2D eigenvalue weighted by atomic mass is 10.1. The van der Waals surface area contributed by atoms with E-state index >= 15 is 0 Å². The third kappa shape index (κ3) is 7.02. The van der Waals surface area contributed by atoms with E-state index in [2.05, 4.69) is 17.8 Å². The third-order valence-corrected chi connectivity index (χ3v) is 3.46. The molecule has 136 valence electrons. The van der Waals surface area contributed by atoms with Gasteiger partial charge in [0.25, 0.3) is 0 Å². The fourth-order valence-corrected chi connectivity index (χ4v) is 2.12. The molecule has 8 heteroatoms. The highest BCUT2D eigenvalue weighted by atomic mass is 32.1. The van der Waals surface area contributed by atoms with Crippen LogP contribution in [0.4, 0.5) is 13.2 Å². The number of hydrogen-bond acceptors (Lipinski definition) is 4. The van der Waals surface area contributed by atoms with Crippen LogP contribution < -0.4 is 15.6 Å². The van der Waals surface area contributed by atoms with Crippen molar-refractivity contribution in [3.63, 3.8) is 0 Å². The maximum atomic E-state index is 13.2. The van der Waals surface area contributed by atoms with Gasteiger partial charge in [-0.3, -0.25) is 0 Å². The largest absolute Gasteiger partial charge is 0.493 e. The lowest BCUT2D eigenvalue weighted by Crippen LogP contribution is -2.33. The molecule has 0 atom stereocenters. The molecule has 2 N–H and O–H groups in total. The molecule has 1 aromatic rings. The first-order chi connectivity index (χ1) is 11.4. The molecular weight excluding hydrogens is 341 g/mol. The summed E-state index contributed by atoms with van der Waals surface area (Å²) in [5, 5.41) is 0. The molecule has 0 saturated carbocycles.